The van der Waals surface area contributed by atoms with Gasteiger partial charge >= 0.3 is 0 Å². The highest BCUT2D eigenvalue weighted by molar-refractivity contribution is 7.89. The number of hydrogen-bond donors (Lipinski definition) is 2. The summed E-state index contributed by atoms with van der Waals surface area (Å²) in [5.41, 5.74) is 0.416. The van der Waals surface area contributed by atoms with E-state index in [1.807, 2.05) is 0 Å². The molecule has 0 saturated carbocycles. The minimum atomic E-state index is -4.40. The third kappa shape index (κ3) is 4.07. The van der Waals surface area contributed by atoms with E-state index in [1.165, 1.54) is 30.5 Å². The molecule has 31 heavy (non-hydrogen) atoms. The molecule has 4 rings (SSSR count). The van der Waals surface area contributed by atoms with E-state index < -0.39 is 41.3 Å². The van der Waals surface area contributed by atoms with Crippen LogP contribution in [0.5, 0.6) is 0 Å². The van der Waals surface area contributed by atoms with E-state index in [1.54, 1.807) is 13.0 Å². The standard InChI is InChI=1S/C21H23N7O2S/c1-13-5-6-15(11-19(13)31(22,29)30)24-21-23-10-9-20(25-21)27(3)16-7-8-17-14(2)28(4)26-18(17)12-16/h5-12H,1-4H3,(H2,22,29,30)(H,23,24,25)/i1D3,3D3,4D3. The van der Waals surface area contributed by atoms with E-state index in [9.17, 15) is 8.42 Å². The molecule has 0 fully saturated rings. The first-order valence-corrected chi connectivity index (χ1v) is 10.4. The Bertz CT molecular complexity index is 1700. The number of fused-ring (bicyclic) bond motifs is 1. The molecule has 0 amide bonds. The second kappa shape index (κ2) is 7.64. The van der Waals surface area contributed by atoms with Crippen molar-refractivity contribution >= 4 is 44.1 Å². The molecule has 0 radical (unpaired) electrons. The summed E-state index contributed by atoms with van der Waals surface area (Å²) >= 11 is 0. The number of nitrogens with two attached hydrogens (primary N) is 1. The van der Waals surface area contributed by atoms with Gasteiger partial charge in [-0.1, -0.05) is 6.07 Å². The molecular formula is C21H23N7O2S. The first-order chi connectivity index (χ1) is 18.3. The number of sulfonamides is 1. The molecule has 2 aromatic carbocycles. The molecule has 4 aromatic rings. The lowest BCUT2D eigenvalue weighted by atomic mass is 10.2. The fraction of sp³-hybridized carbons (Fsp3) is 0.190. The highest BCUT2D eigenvalue weighted by Crippen LogP contribution is 2.28. The quantitative estimate of drug-likeness (QED) is 0.483. The van der Waals surface area contributed by atoms with Gasteiger partial charge in [0.1, 0.15) is 5.82 Å². The van der Waals surface area contributed by atoms with Crippen molar-refractivity contribution in [3.8, 4) is 0 Å². The molecule has 0 unspecified atom stereocenters. The van der Waals surface area contributed by atoms with Crippen LogP contribution in [0.3, 0.4) is 0 Å². The molecule has 2 heterocycles. The summed E-state index contributed by atoms with van der Waals surface area (Å²) in [6.45, 7) is -6.42. The second-order valence-corrected chi connectivity index (χ2v) is 8.18. The molecule has 10 heteroatoms. The van der Waals surface area contributed by atoms with Crippen LogP contribution >= 0.6 is 0 Å². The van der Waals surface area contributed by atoms with Crippen LogP contribution < -0.4 is 15.4 Å². The predicted molar refractivity (Wildman–Crippen MR) is 121 cm³/mol. The Morgan fingerprint density at radius 2 is 2.06 bits per heavy atom. The lowest BCUT2D eigenvalue weighted by Crippen LogP contribution is -2.14. The Kier molecular flexibility index (Phi) is 3.05. The lowest BCUT2D eigenvalue weighted by molar-refractivity contribution is 0.597. The van der Waals surface area contributed by atoms with E-state index in [0.717, 1.165) is 21.7 Å². The number of aromatic nitrogens is 4. The highest BCUT2D eigenvalue weighted by atomic mass is 32.2. The maximum absolute atomic E-state index is 12.0. The summed E-state index contributed by atoms with van der Waals surface area (Å²) in [6.07, 6.45) is 1.27. The number of aryl methyl sites for hydroxylation is 3. The molecule has 9 nitrogen and oxygen atoms in total. The van der Waals surface area contributed by atoms with Crippen LogP contribution in [0.15, 0.2) is 53.6 Å². The second-order valence-electron chi connectivity index (χ2n) is 6.65. The SMILES string of the molecule is [2H]C([2H])([2H])c1ccc(Nc2nccc(N(c3ccc4c(C)n(C([2H])([2H])[2H])nc4c3)C([2H])([2H])[2H])n2)cc1S(N)(=O)=O. The van der Waals surface area contributed by atoms with Crippen molar-refractivity contribution in [2.24, 2.45) is 12.1 Å². The third-order valence-electron chi connectivity index (χ3n) is 4.57. The summed E-state index contributed by atoms with van der Waals surface area (Å²) < 4.78 is 95.0. The average molecular weight is 447 g/mol. The highest BCUT2D eigenvalue weighted by Gasteiger charge is 2.14. The van der Waals surface area contributed by atoms with Crippen LogP contribution in [0.25, 0.3) is 10.9 Å². The molecule has 0 atom stereocenters. The van der Waals surface area contributed by atoms with Crippen molar-refractivity contribution in [1.29, 1.82) is 0 Å². The van der Waals surface area contributed by atoms with Gasteiger partial charge in [0.25, 0.3) is 0 Å². The zero-order chi connectivity index (χ0) is 29.8. The van der Waals surface area contributed by atoms with Gasteiger partial charge < -0.3 is 10.2 Å². The van der Waals surface area contributed by atoms with E-state index in [0.29, 0.717) is 11.1 Å². The van der Waals surface area contributed by atoms with E-state index in [4.69, 9.17) is 17.5 Å². The number of hydrogen-bond acceptors (Lipinski definition) is 7. The molecule has 0 aliphatic heterocycles. The van der Waals surface area contributed by atoms with Crippen LogP contribution in [0, 0.1) is 13.8 Å². The van der Waals surface area contributed by atoms with Crippen molar-refractivity contribution < 1.29 is 20.8 Å². The first-order valence-electron chi connectivity index (χ1n) is 13.3. The largest absolute Gasteiger partial charge is 0.329 e. The molecule has 160 valence electrons. The summed E-state index contributed by atoms with van der Waals surface area (Å²) in [4.78, 5) is 8.61. The predicted octanol–water partition coefficient (Wildman–Crippen LogP) is 3.14. The summed E-state index contributed by atoms with van der Waals surface area (Å²) in [5.74, 6) is -0.202. The van der Waals surface area contributed by atoms with Gasteiger partial charge in [-0.05, 0) is 55.7 Å². The Morgan fingerprint density at radius 1 is 1.19 bits per heavy atom. The van der Waals surface area contributed by atoms with Gasteiger partial charge in [0, 0.05) is 54.9 Å². The number of rotatable bonds is 5. The monoisotopic (exact) mass is 446 g/mol. The number of primary sulfonamides is 1. The van der Waals surface area contributed by atoms with Gasteiger partial charge in [-0.3, -0.25) is 4.68 Å². The van der Waals surface area contributed by atoms with Gasteiger partial charge in [-0.25, -0.2) is 18.5 Å². The fourth-order valence-corrected chi connectivity index (χ4v) is 3.64. The summed E-state index contributed by atoms with van der Waals surface area (Å²) in [5, 5.41) is 12.6. The Labute approximate surface area is 193 Å². The van der Waals surface area contributed by atoms with E-state index in [-0.39, 0.29) is 28.7 Å². The maximum atomic E-state index is 12.0. The smallest absolute Gasteiger partial charge is 0.238 e. The maximum Gasteiger partial charge on any atom is 0.238 e. The molecule has 3 N–H and O–H groups in total. The van der Waals surface area contributed by atoms with Crippen LogP contribution in [-0.4, -0.2) is 35.1 Å². The van der Waals surface area contributed by atoms with E-state index in [2.05, 4.69) is 20.4 Å². The Balaban J connectivity index is 1.75. The van der Waals surface area contributed by atoms with Gasteiger partial charge in [0.2, 0.25) is 16.0 Å². The van der Waals surface area contributed by atoms with Gasteiger partial charge in [0.15, 0.2) is 0 Å². The van der Waals surface area contributed by atoms with Crippen molar-refractivity contribution in [2.45, 2.75) is 18.7 Å². The Hall–Kier alpha value is -3.50. The number of benzene rings is 2. The molecule has 0 saturated heterocycles. The number of nitrogens with zero attached hydrogens (tertiary/aromatic N) is 5. The minimum Gasteiger partial charge on any atom is -0.329 e. The minimum absolute atomic E-state index is 0.0744. The van der Waals surface area contributed by atoms with Crippen LogP contribution in [-0.2, 0) is 17.0 Å². The molecule has 2 aromatic heterocycles. The van der Waals surface area contributed by atoms with Gasteiger partial charge in [0.05, 0.1) is 10.4 Å². The fourth-order valence-electron chi connectivity index (χ4n) is 2.98. The molecule has 0 spiro atoms. The van der Waals surface area contributed by atoms with Crippen LogP contribution in [0.1, 0.15) is 23.6 Å². The lowest BCUT2D eigenvalue weighted by Gasteiger charge is -2.19. The van der Waals surface area contributed by atoms with Crippen molar-refractivity contribution in [2.75, 3.05) is 17.2 Å². The van der Waals surface area contributed by atoms with Crippen molar-refractivity contribution in [3.63, 3.8) is 0 Å². The van der Waals surface area contributed by atoms with E-state index >= 15 is 0 Å². The first kappa shape index (κ1) is 12.4. The molecular weight excluding hydrogens is 414 g/mol. The topological polar surface area (TPSA) is 119 Å². The molecule has 0 bridgehead atoms. The summed E-state index contributed by atoms with van der Waals surface area (Å²) in [7, 11) is -4.40. The molecule has 0 aliphatic rings. The van der Waals surface area contributed by atoms with Gasteiger partial charge in [-0.2, -0.15) is 10.1 Å². The number of anilines is 4. The summed E-state index contributed by atoms with van der Waals surface area (Å²) in [6, 6.07) is 9.23. The zero-order valence-electron chi connectivity index (χ0n) is 25.2. The van der Waals surface area contributed by atoms with Crippen molar-refractivity contribution in [3.05, 3.63) is 59.9 Å². The normalized spacial score (nSPS) is 17.2. The average Bonchev–Trinajstić information content (AvgIpc) is 3.13. The molecule has 0 aliphatic carbocycles. The number of nitrogens with one attached hydrogen (secondary N) is 1. The van der Waals surface area contributed by atoms with Crippen LogP contribution in [0.4, 0.5) is 23.1 Å². The Morgan fingerprint density at radius 3 is 2.81 bits per heavy atom. The van der Waals surface area contributed by atoms with Gasteiger partial charge in [-0.15, -0.1) is 0 Å². The van der Waals surface area contributed by atoms with Crippen LogP contribution in [0.2, 0.25) is 0 Å². The van der Waals surface area contributed by atoms with Crippen molar-refractivity contribution in [1.82, 2.24) is 19.7 Å². The third-order valence-corrected chi connectivity index (χ3v) is 5.52. The zero-order valence-corrected chi connectivity index (χ0v) is 17.0.